The number of pyridine rings is 1. The second-order valence-electron chi connectivity index (χ2n) is 5.64. The van der Waals surface area contributed by atoms with E-state index in [9.17, 15) is 12.8 Å². The first kappa shape index (κ1) is 17.8. The van der Waals surface area contributed by atoms with Gasteiger partial charge in [0.1, 0.15) is 12.4 Å². The van der Waals surface area contributed by atoms with Crippen molar-refractivity contribution in [2.24, 2.45) is 0 Å². The number of hydrogen-bond acceptors (Lipinski definition) is 5. The van der Waals surface area contributed by atoms with Crippen molar-refractivity contribution in [3.05, 3.63) is 53.5 Å². The molecule has 0 atom stereocenters. The number of fused-ring (bicyclic) bond motifs is 1. The summed E-state index contributed by atoms with van der Waals surface area (Å²) < 4.78 is 50.2. The molecule has 0 saturated heterocycles. The predicted molar refractivity (Wildman–Crippen MR) is 89.3 cm³/mol. The van der Waals surface area contributed by atoms with Crippen molar-refractivity contribution >= 4 is 10.0 Å². The Morgan fingerprint density at radius 1 is 1.16 bits per heavy atom. The number of halogens is 1. The first-order valence-corrected chi connectivity index (χ1v) is 9.31. The van der Waals surface area contributed by atoms with Crippen LogP contribution in [0.3, 0.4) is 0 Å². The molecule has 0 unspecified atom stereocenters. The van der Waals surface area contributed by atoms with Crippen molar-refractivity contribution in [1.82, 2.24) is 9.29 Å². The van der Waals surface area contributed by atoms with Gasteiger partial charge in [-0.05, 0) is 29.8 Å². The minimum Gasteiger partial charge on any atom is -0.475 e. The van der Waals surface area contributed by atoms with E-state index in [0.717, 1.165) is 23.4 Å². The summed E-state index contributed by atoms with van der Waals surface area (Å²) in [6, 6.07) is 8.42. The quantitative estimate of drug-likeness (QED) is 0.732. The van der Waals surface area contributed by atoms with Gasteiger partial charge in [-0.1, -0.05) is 6.07 Å². The molecule has 0 bridgehead atoms. The number of hydrogen-bond donors (Lipinski definition) is 0. The molecule has 0 amide bonds. The summed E-state index contributed by atoms with van der Waals surface area (Å²) in [5.74, 6) is 0.0405. The Labute approximate surface area is 146 Å². The predicted octanol–water partition coefficient (Wildman–Crippen LogP) is 1.99. The largest absolute Gasteiger partial charge is 0.475 e. The first-order valence-electron chi connectivity index (χ1n) is 7.87. The van der Waals surface area contributed by atoms with Crippen LogP contribution in [-0.4, -0.2) is 44.6 Å². The molecule has 0 saturated carbocycles. The number of nitrogens with zero attached hydrogens (tertiary/aromatic N) is 2. The fraction of sp³-hybridized carbons (Fsp3) is 0.353. The highest BCUT2D eigenvalue weighted by Crippen LogP contribution is 2.25. The van der Waals surface area contributed by atoms with E-state index in [0.29, 0.717) is 32.1 Å². The fourth-order valence-electron chi connectivity index (χ4n) is 2.64. The molecule has 1 aliphatic rings. The van der Waals surface area contributed by atoms with E-state index in [1.54, 1.807) is 13.2 Å². The molecule has 3 rings (SSSR count). The van der Waals surface area contributed by atoms with Crippen LogP contribution in [0.25, 0.3) is 0 Å². The second-order valence-corrected chi connectivity index (χ2v) is 7.58. The Kier molecular flexibility index (Phi) is 5.31. The van der Waals surface area contributed by atoms with Gasteiger partial charge in [-0.15, -0.1) is 0 Å². The van der Waals surface area contributed by atoms with Gasteiger partial charge in [-0.3, -0.25) is 0 Å². The molecule has 2 aromatic rings. The molecule has 1 aromatic carbocycles. The highest BCUT2D eigenvalue weighted by Gasteiger charge is 2.29. The maximum Gasteiger partial charge on any atom is 0.243 e. The third-order valence-corrected chi connectivity index (χ3v) is 5.84. The lowest BCUT2D eigenvalue weighted by molar-refractivity contribution is 0.143. The van der Waals surface area contributed by atoms with Gasteiger partial charge in [0.2, 0.25) is 15.9 Å². The summed E-state index contributed by atoms with van der Waals surface area (Å²) in [6.07, 6.45) is 0.497. The molecular weight excluding hydrogens is 347 g/mol. The van der Waals surface area contributed by atoms with E-state index < -0.39 is 15.8 Å². The molecule has 8 heteroatoms. The van der Waals surface area contributed by atoms with Crippen molar-refractivity contribution in [3.63, 3.8) is 0 Å². The zero-order valence-electron chi connectivity index (χ0n) is 13.8. The Hall–Kier alpha value is -2.03. The fourth-order valence-corrected chi connectivity index (χ4v) is 4.06. The Bertz CT molecular complexity index is 840. The van der Waals surface area contributed by atoms with Gasteiger partial charge in [-0.2, -0.15) is 4.31 Å². The number of ether oxygens (including phenoxy) is 2. The van der Waals surface area contributed by atoms with Crippen LogP contribution in [0.1, 0.15) is 11.3 Å². The Balaban J connectivity index is 1.75. The van der Waals surface area contributed by atoms with Crippen LogP contribution < -0.4 is 4.74 Å². The number of sulfonamides is 1. The van der Waals surface area contributed by atoms with Crippen LogP contribution in [0.2, 0.25) is 0 Å². The molecule has 0 spiro atoms. The topological polar surface area (TPSA) is 68.7 Å². The second kappa shape index (κ2) is 7.47. The van der Waals surface area contributed by atoms with Crippen LogP contribution in [0.4, 0.5) is 4.39 Å². The van der Waals surface area contributed by atoms with Crippen LogP contribution in [0.15, 0.2) is 41.3 Å². The molecule has 0 fully saturated rings. The zero-order chi connectivity index (χ0) is 17.9. The van der Waals surface area contributed by atoms with Crippen LogP contribution in [0.5, 0.6) is 5.88 Å². The SMILES string of the molecule is COCCOc1ccc2c(n1)CCN(S(=O)(=O)c1ccc(F)cc1)C2. The summed E-state index contributed by atoms with van der Waals surface area (Å²) in [5.41, 5.74) is 1.68. The molecular formula is C17H19FN2O4S. The molecule has 6 nitrogen and oxygen atoms in total. The number of benzene rings is 1. The van der Waals surface area contributed by atoms with E-state index in [2.05, 4.69) is 4.98 Å². The summed E-state index contributed by atoms with van der Waals surface area (Å²) in [5, 5.41) is 0. The lowest BCUT2D eigenvalue weighted by atomic mass is 10.1. The van der Waals surface area contributed by atoms with E-state index in [1.807, 2.05) is 6.07 Å². The van der Waals surface area contributed by atoms with Crippen molar-refractivity contribution in [3.8, 4) is 5.88 Å². The molecule has 0 aliphatic carbocycles. The molecule has 0 radical (unpaired) electrons. The molecule has 0 N–H and O–H groups in total. The lowest BCUT2D eigenvalue weighted by Gasteiger charge is -2.27. The lowest BCUT2D eigenvalue weighted by Crippen LogP contribution is -2.36. The monoisotopic (exact) mass is 366 g/mol. The van der Waals surface area contributed by atoms with Crippen molar-refractivity contribution in [2.75, 3.05) is 26.9 Å². The van der Waals surface area contributed by atoms with Crippen LogP contribution in [-0.2, 0) is 27.7 Å². The zero-order valence-corrected chi connectivity index (χ0v) is 14.6. The molecule has 2 heterocycles. The van der Waals surface area contributed by atoms with Crippen molar-refractivity contribution in [1.29, 1.82) is 0 Å². The average Bonchev–Trinajstić information content (AvgIpc) is 2.62. The number of aromatic nitrogens is 1. The molecule has 25 heavy (non-hydrogen) atoms. The molecule has 134 valence electrons. The van der Waals surface area contributed by atoms with E-state index >= 15 is 0 Å². The van der Waals surface area contributed by atoms with E-state index in [-0.39, 0.29) is 11.4 Å². The minimum atomic E-state index is -3.66. The van der Waals surface area contributed by atoms with Crippen molar-refractivity contribution in [2.45, 2.75) is 17.9 Å². The highest BCUT2D eigenvalue weighted by molar-refractivity contribution is 7.89. The standard InChI is InChI=1S/C17H19FN2O4S/c1-23-10-11-24-17-7-2-13-12-20(9-8-16(13)19-17)25(21,22)15-5-3-14(18)4-6-15/h2-7H,8-12H2,1H3. The molecule has 1 aromatic heterocycles. The third kappa shape index (κ3) is 3.97. The third-order valence-electron chi connectivity index (χ3n) is 3.98. The van der Waals surface area contributed by atoms with Gasteiger partial charge in [0.05, 0.1) is 17.2 Å². The summed E-state index contributed by atoms with van der Waals surface area (Å²) >= 11 is 0. The van der Waals surface area contributed by atoms with Gasteiger partial charge in [0.15, 0.2) is 0 Å². The maximum atomic E-state index is 13.0. The van der Waals surface area contributed by atoms with Crippen LogP contribution in [0, 0.1) is 5.82 Å². The summed E-state index contributed by atoms with van der Waals surface area (Å²) in [7, 11) is -2.06. The van der Waals surface area contributed by atoms with E-state index in [1.165, 1.54) is 16.4 Å². The van der Waals surface area contributed by atoms with Gasteiger partial charge < -0.3 is 9.47 Å². The Morgan fingerprint density at radius 2 is 1.92 bits per heavy atom. The van der Waals surface area contributed by atoms with E-state index in [4.69, 9.17) is 9.47 Å². The normalized spacial score (nSPS) is 15.0. The van der Waals surface area contributed by atoms with Gasteiger partial charge in [0.25, 0.3) is 0 Å². The number of methoxy groups -OCH3 is 1. The first-order chi connectivity index (χ1) is 12.0. The van der Waals surface area contributed by atoms with Gasteiger partial charge in [-0.25, -0.2) is 17.8 Å². The minimum absolute atomic E-state index is 0.0878. The summed E-state index contributed by atoms with van der Waals surface area (Å²) in [6.45, 7) is 1.44. The van der Waals surface area contributed by atoms with Gasteiger partial charge >= 0.3 is 0 Å². The molecule has 1 aliphatic heterocycles. The van der Waals surface area contributed by atoms with Crippen LogP contribution >= 0.6 is 0 Å². The number of rotatable bonds is 6. The maximum absolute atomic E-state index is 13.0. The van der Waals surface area contributed by atoms with Crippen molar-refractivity contribution < 1.29 is 22.3 Å². The smallest absolute Gasteiger partial charge is 0.243 e. The highest BCUT2D eigenvalue weighted by atomic mass is 32.2. The average molecular weight is 366 g/mol. The van der Waals surface area contributed by atoms with Gasteiger partial charge in [0, 0.05) is 32.7 Å². The summed E-state index contributed by atoms with van der Waals surface area (Å²) in [4.78, 5) is 4.52. The Morgan fingerprint density at radius 3 is 2.64 bits per heavy atom.